The second-order valence-corrected chi connectivity index (χ2v) is 2.33. The average Bonchev–Trinajstić information content (AvgIpc) is 1.63. The first-order chi connectivity index (χ1) is 3.98. The van der Waals surface area contributed by atoms with E-state index < -0.39 is 18.3 Å². The van der Waals surface area contributed by atoms with Crippen molar-refractivity contribution in [1.82, 2.24) is 0 Å². The summed E-state index contributed by atoms with van der Waals surface area (Å²) >= 11 is 0. The molecular weight excluding hydrogens is 122 g/mol. The zero-order valence-electron chi connectivity index (χ0n) is 5.51. The van der Waals surface area contributed by atoms with E-state index in [1.807, 2.05) is 0 Å². The molecule has 0 saturated carbocycles. The van der Waals surface area contributed by atoms with Crippen molar-refractivity contribution in [1.29, 1.82) is 0 Å². The van der Waals surface area contributed by atoms with Crippen LogP contribution in [0, 0.1) is 0 Å². The summed E-state index contributed by atoms with van der Waals surface area (Å²) in [6.45, 7) is 2.53. The molecule has 53 valence electrons. The highest BCUT2D eigenvalue weighted by molar-refractivity contribution is 5.65. The standard InChI is InChI=1S/C5H10NO3/c1-5(2,3-7)9-4(6)8/h3H2,1-2H3,(H2,6,8). The van der Waals surface area contributed by atoms with Gasteiger partial charge < -0.3 is 10.5 Å². The Kier molecular flexibility index (Phi) is 2.45. The van der Waals surface area contributed by atoms with Gasteiger partial charge in [0.2, 0.25) is 0 Å². The number of carbonyl (C=O) groups is 1. The van der Waals surface area contributed by atoms with E-state index in [9.17, 15) is 9.90 Å². The fourth-order valence-corrected chi connectivity index (χ4v) is 0.302. The molecule has 0 fully saturated rings. The van der Waals surface area contributed by atoms with E-state index in [4.69, 9.17) is 0 Å². The van der Waals surface area contributed by atoms with E-state index >= 15 is 0 Å². The number of primary amides is 1. The Morgan fingerprint density at radius 3 is 2.22 bits per heavy atom. The van der Waals surface area contributed by atoms with Crippen molar-refractivity contribution in [2.45, 2.75) is 19.4 Å². The molecule has 0 aliphatic carbocycles. The highest BCUT2D eigenvalue weighted by Gasteiger charge is 2.20. The SMILES string of the molecule is CC(C)(C[O])OC(N)=O. The van der Waals surface area contributed by atoms with Gasteiger partial charge in [0.15, 0.2) is 0 Å². The van der Waals surface area contributed by atoms with Gasteiger partial charge in [0.25, 0.3) is 0 Å². The van der Waals surface area contributed by atoms with Gasteiger partial charge in [-0.2, -0.15) is 0 Å². The molecule has 0 aromatic rings. The first-order valence-electron chi connectivity index (χ1n) is 2.54. The van der Waals surface area contributed by atoms with Crippen LogP contribution in [0.4, 0.5) is 4.79 Å². The molecule has 0 unspecified atom stereocenters. The van der Waals surface area contributed by atoms with Gasteiger partial charge in [-0.05, 0) is 13.8 Å². The summed E-state index contributed by atoms with van der Waals surface area (Å²) in [5.74, 6) is 0. The molecule has 0 saturated heterocycles. The maximum Gasteiger partial charge on any atom is 0.405 e. The van der Waals surface area contributed by atoms with E-state index in [0.717, 1.165) is 0 Å². The van der Waals surface area contributed by atoms with Crippen LogP contribution < -0.4 is 5.73 Å². The fraction of sp³-hybridized carbons (Fsp3) is 0.800. The Balaban J connectivity index is 3.71. The van der Waals surface area contributed by atoms with Crippen molar-refractivity contribution in [3.05, 3.63) is 0 Å². The molecular formula is C5H10NO3. The topological polar surface area (TPSA) is 72.2 Å². The van der Waals surface area contributed by atoms with Crippen molar-refractivity contribution >= 4 is 6.09 Å². The van der Waals surface area contributed by atoms with Gasteiger partial charge in [-0.1, -0.05) is 0 Å². The van der Waals surface area contributed by atoms with E-state index in [1.165, 1.54) is 13.8 Å². The summed E-state index contributed by atoms with van der Waals surface area (Å²) in [7, 11) is 0. The lowest BCUT2D eigenvalue weighted by Crippen LogP contribution is -2.33. The molecule has 0 atom stereocenters. The minimum atomic E-state index is -0.966. The molecule has 4 heteroatoms. The third kappa shape index (κ3) is 3.78. The van der Waals surface area contributed by atoms with Crippen LogP contribution in [0.15, 0.2) is 0 Å². The van der Waals surface area contributed by atoms with Crippen molar-refractivity contribution in [2.75, 3.05) is 6.61 Å². The smallest absolute Gasteiger partial charge is 0.405 e. The molecule has 0 aromatic heterocycles. The Morgan fingerprint density at radius 2 is 2.11 bits per heavy atom. The van der Waals surface area contributed by atoms with Crippen LogP contribution in [0.5, 0.6) is 0 Å². The first kappa shape index (κ1) is 8.23. The zero-order valence-corrected chi connectivity index (χ0v) is 5.51. The monoisotopic (exact) mass is 132 g/mol. The van der Waals surface area contributed by atoms with E-state index in [2.05, 4.69) is 10.5 Å². The summed E-state index contributed by atoms with van der Waals surface area (Å²) in [6, 6.07) is 0. The fourth-order valence-electron chi connectivity index (χ4n) is 0.302. The molecule has 0 bridgehead atoms. The number of ether oxygens (including phenoxy) is 1. The predicted octanol–water partition coefficient (Wildman–Crippen LogP) is 0.291. The molecule has 0 aliphatic rings. The lowest BCUT2D eigenvalue weighted by atomic mass is 10.2. The molecule has 0 rings (SSSR count). The van der Waals surface area contributed by atoms with Gasteiger partial charge in [-0.3, -0.25) is 0 Å². The zero-order chi connectivity index (χ0) is 7.49. The number of hydrogen-bond acceptors (Lipinski definition) is 2. The average molecular weight is 132 g/mol. The molecule has 4 nitrogen and oxygen atoms in total. The van der Waals surface area contributed by atoms with Crippen LogP contribution in [-0.4, -0.2) is 18.3 Å². The van der Waals surface area contributed by atoms with Crippen molar-refractivity contribution in [3.8, 4) is 0 Å². The Labute approximate surface area is 53.6 Å². The molecule has 0 aliphatic heterocycles. The normalized spacial score (nSPS) is 11.0. The molecule has 1 amide bonds. The van der Waals surface area contributed by atoms with Crippen LogP contribution in [0.3, 0.4) is 0 Å². The second-order valence-electron chi connectivity index (χ2n) is 2.33. The number of amides is 1. The summed E-state index contributed by atoms with van der Waals surface area (Å²) in [4.78, 5) is 10.0. The van der Waals surface area contributed by atoms with Crippen molar-refractivity contribution < 1.29 is 14.6 Å². The van der Waals surface area contributed by atoms with Crippen LogP contribution >= 0.6 is 0 Å². The van der Waals surface area contributed by atoms with Crippen molar-refractivity contribution in [3.63, 3.8) is 0 Å². The molecule has 0 spiro atoms. The van der Waals surface area contributed by atoms with Gasteiger partial charge in [0, 0.05) is 0 Å². The summed E-state index contributed by atoms with van der Waals surface area (Å²) in [6.07, 6.45) is -0.907. The van der Waals surface area contributed by atoms with Crippen LogP contribution in [-0.2, 0) is 9.84 Å². The molecule has 1 radical (unpaired) electrons. The summed E-state index contributed by atoms with van der Waals surface area (Å²) in [5, 5.41) is 10.2. The second kappa shape index (κ2) is 2.68. The number of hydrogen-bond donors (Lipinski definition) is 1. The lowest BCUT2D eigenvalue weighted by Gasteiger charge is -2.19. The van der Waals surface area contributed by atoms with Gasteiger partial charge in [0.05, 0.1) is 0 Å². The van der Waals surface area contributed by atoms with Crippen LogP contribution in [0.1, 0.15) is 13.8 Å². The van der Waals surface area contributed by atoms with Gasteiger partial charge >= 0.3 is 6.09 Å². The predicted molar refractivity (Wildman–Crippen MR) is 30.3 cm³/mol. The van der Waals surface area contributed by atoms with Crippen LogP contribution in [0.25, 0.3) is 0 Å². The maximum absolute atomic E-state index is 10.2. The largest absolute Gasteiger partial charge is 0.441 e. The number of carbonyl (C=O) groups excluding carboxylic acids is 1. The molecule has 0 heterocycles. The highest BCUT2D eigenvalue weighted by Crippen LogP contribution is 2.06. The van der Waals surface area contributed by atoms with Gasteiger partial charge in [-0.25, -0.2) is 9.90 Å². The quantitative estimate of drug-likeness (QED) is 0.586. The van der Waals surface area contributed by atoms with E-state index in [-0.39, 0.29) is 0 Å². The first-order valence-corrected chi connectivity index (χ1v) is 2.54. The molecule has 0 aromatic carbocycles. The minimum absolute atomic E-state index is 0.476. The maximum atomic E-state index is 10.2. The van der Waals surface area contributed by atoms with Gasteiger partial charge in [0.1, 0.15) is 12.2 Å². The highest BCUT2D eigenvalue weighted by atomic mass is 16.6. The lowest BCUT2D eigenvalue weighted by molar-refractivity contribution is -0.0222. The van der Waals surface area contributed by atoms with E-state index in [1.54, 1.807) is 0 Å². The third-order valence-electron chi connectivity index (χ3n) is 0.724. The number of nitrogens with two attached hydrogens (primary N) is 1. The van der Waals surface area contributed by atoms with Crippen LogP contribution in [0.2, 0.25) is 0 Å². The minimum Gasteiger partial charge on any atom is -0.441 e. The van der Waals surface area contributed by atoms with E-state index in [0.29, 0.717) is 0 Å². The molecule has 9 heavy (non-hydrogen) atoms. The molecule has 2 N–H and O–H groups in total. The Hall–Kier alpha value is -0.770. The Morgan fingerprint density at radius 1 is 1.67 bits per heavy atom. The third-order valence-corrected chi connectivity index (χ3v) is 0.724. The van der Waals surface area contributed by atoms with Gasteiger partial charge in [-0.15, -0.1) is 0 Å². The Bertz CT molecular complexity index is 111. The van der Waals surface area contributed by atoms with Crippen molar-refractivity contribution in [2.24, 2.45) is 5.73 Å². The summed E-state index contributed by atoms with van der Waals surface area (Å²) < 4.78 is 4.41. The number of rotatable bonds is 2. The summed E-state index contributed by atoms with van der Waals surface area (Å²) in [5.41, 5.74) is 3.69.